The Morgan fingerprint density at radius 2 is 2.00 bits per heavy atom. The van der Waals surface area contributed by atoms with Crippen molar-refractivity contribution in [3.8, 4) is 5.75 Å². The molecule has 7 nitrogen and oxygen atoms in total. The number of aromatic nitrogens is 2. The van der Waals surface area contributed by atoms with Gasteiger partial charge in [-0.15, -0.1) is 0 Å². The normalized spacial score (nSPS) is 17.1. The van der Waals surface area contributed by atoms with Crippen LogP contribution in [0.1, 0.15) is 32.3 Å². The summed E-state index contributed by atoms with van der Waals surface area (Å²) >= 11 is 0. The average Bonchev–Trinajstić information content (AvgIpc) is 2.78. The Morgan fingerprint density at radius 3 is 2.78 bits per heavy atom. The molecule has 1 N–H and O–H groups in total. The maximum Gasteiger partial charge on any atom is 0.241 e. The summed E-state index contributed by atoms with van der Waals surface area (Å²) in [5, 5.41) is 0.969. The number of piperidine rings is 1. The number of nitrogens with one attached hydrogen (secondary N) is 1. The van der Waals surface area contributed by atoms with Gasteiger partial charge in [0.25, 0.3) is 0 Å². The molecule has 4 rings (SSSR count). The summed E-state index contributed by atoms with van der Waals surface area (Å²) in [6, 6.07) is 13.0. The van der Waals surface area contributed by atoms with E-state index in [1.807, 2.05) is 44.2 Å². The van der Waals surface area contributed by atoms with E-state index in [9.17, 15) is 8.42 Å². The highest BCUT2D eigenvalue weighted by atomic mass is 32.2. The van der Waals surface area contributed by atoms with Gasteiger partial charge in [0.05, 0.1) is 17.5 Å². The summed E-state index contributed by atoms with van der Waals surface area (Å²) in [6.07, 6.45) is 4.39. The molecule has 0 bridgehead atoms. The second-order valence-electron chi connectivity index (χ2n) is 8.62. The summed E-state index contributed by atoms with van der Waals surface area (Å²) in [6.45, 7) is 5.39. The van der Waals surface area contributed by atoms with Crippen molar-refractivity contribution in [2.24, 2.45) is 5.92 Å². The first-order chi connectivity index (χ1) is 15.4. The van der Waals surface area contributed by atoms with E-state index < -0.39 is 10.0 Å². The molecule has 0 amide bonds. The van der Waals surface area contributed by atoms with Gasteiger partial charge in [0.2, 0.25) is 10.0 Å². The molecule has 3 aromatic rings. The molecule has 32 heavy (non-hydrogen) atoms. The first-order valence-electron chi connectivity index (χ1n) is 11.0. The van der Waals surface area contributed by atoms with Crippen molar-refractivity contribution in [2.45, 2.75) is 44.0 Å². The van der Waals surface area contributed by atoms with Crippen LogP contribution in [0.2, 0.25) is 0 Å². The van der Waals surface area contributed by atoms with Gasteiger partial charge in [-0.3, -0.25) is 0 Å². The summed E-state index contributed by atoms with van der Waals surface area (Å²) < 4.78 is 33.8. The maximum atomic E-state index is 12.8. The van der Waals surface area contributed by atoms with Crippen molar-refractivity contribution in [3.63, 3.8) is 0 Å². The van der Waals surface area contributed by atoms with E-state index in [1.54, 1.807) is 25.6 Å². The standard InChI is InChI=1S/C24H30N4O3S/c1-17(2)27-32(29,30)23-9-5-4-8-19(23)13-18-7-6-12-28(15-18)24-21-14-20(31-3)10-11-22(21)25-16-26-24/h4-5,8-11,14,16-18,27H,6-7,12-13,15H2,1-3H3. The molecule has 2 heterocycles. The molecule has 2 aromatic carbocycles. The zero-order valence-electron chi connectivity index (χ0n) is 18.8. The minimum atomic E-state index is -3.54. The first kappa shape index (κ1) is 22.5. The number of fused-ring (bicyclic) bond motifs is 1. The highest BCUT2D eigenvalue weighted by molar-refractivity contribution is 7.89. The lowest BCUT2D eigenvalue weighted by atomic mass is 9.91. The lowest BCUT2D eigenvalue weighted by Gasteiger charge is -2.34. The van der Waals surface area contributed by atoms with Gasteiger partial charge < -0.3 is 9.64 Å². The maximum absolute atomic E-state index is 12.8. The number of methoxy groups -OCH3 is 1. The quantitative estimate of drug-likeness (QED) is 0.585. The van der Waals surface area contributed by atoms with Crippen LogP contribution in [0.5, 0.6) is 5.75 Å². The van der Waals surface area contributed by atoms with Crippen molar-refractivity contribution in [2.75, 3.05) is 25.1 Å². The third-order valence-corrected chi connectivity index (χ3v) is 7.56. The number of ether oxygens (including phenoxy) is 1. The average molecular weight is 455 g/mol. The molecule has 0 radical (unpaired) electrons. The molecule has 1 unspecified atom stereocenters. The lowest BCUT2D eigenvalue weighted by molar-refractivity contribution is 0.409. The molecule has 1 aliphatic heterocycles. The number of hydrogen-bond donors (Lipinski definition) is 1. The second kappa shape index (κ2) is 9.42. The Bertz CT molecular complexity index is 1200. The molecule has 8 heteroatoms. The summed E-state index contributed by atoms with van der Waals surface area (Å²) in [5.74, 6) is 2.01. The van der Waals surface area contributed by atoms with Crippen LogP contribution in [-0.4, -0.2) is 44.6 Å². The molecular weight excluding hydrogens is 424 g/mol. The first-order valence-corrected chi connectivity index (χ1v) is 12.5. The largest absolute Gasteiger partial charge is 0.497 e. The number of benzene rings is 2. The lowest BCUT2D eigenvalue weighted by Crippen LogP contribution is -2.37. The van der Waals surface area contributed by atoms with Gasteiger partial charge in [0, 0.05) is 24.5 Å². The molecule has 1 saturated heterocycles. The smallest absolute Gasteiger partial charge is 0.241 e. The highest BCUT2D eigenvalue weighted by Gasteiger charge is 2.26. The van der Waals surface area contributed by atoms with Crippen molar-refractivity contribution < 1.29 is 13.2 Å². The molecule has 1 aliphatic rings. The second-order valence-corrected chi connectivity index (χ2v) is 10.3. The van der Waals surface area contributed by atoms with Crippen LogP contribution in [0.4, 0.5) is 5.82 Å². The molecule has 1 fully saturated rings. The van der Waals surface area contributed by atoms with E-state index in [-0.39, 0.29) is 6.04 Å². The molecular formula is C24H30N4O3S. The molecule has 1 aromatic heterocycles. The minimum Gasteiger partial charge on any atom is -0.497 e. The molecule has 0 saturated carbocycles. The molecule has 170 valence electrons. The Kier molecular flexibility index (Phi) is 6.62. The van der Waals surface area contributed by atoms with Gasteiger partial charge in [0.15, 0.2) is 0 Å². The van der Waals surface area contributed by atoms with E-state index in [0.29, 0.717) is 17.2 Å². The Morgan fingerprint density at radius 1 is 1.19 bits per heavy atom. The molecule has 0 spiro atoms. The fourth-order valence-electron chi connectivity index (χ4n) is 4.44. The SMILES string of the molecule is COc1ccc2ncnc(N3CCCC(Cc4ccccc4S(=O)(=O)NC(C)C)C3)c2c1. The predicted octanol–water partition coefficient (Wildman–Crippen LogP) is 3.78. The van der Waals surface area contributed by atoms with Gasteiger partial charge in [-0.05, 0) is 68.9 Å². The zero-order chi connectivity index (χ0) is 22.7. The summed E-state index contributed by atoms with van der Waals surface area (Å²) in [5.41, 5.74) is 1.75. The van der Waals surface area contributed by atoms with Gasteiger partial charge in [-0.2, -0.15) is 0 Å². The van der Waals surface area contributed by atoms with E-state index >= 15 is 0 Å². The van der Waals surface area contributed by atoms with Crippen LogP contribution in [0.15, 0.2) is 53.7 Å². The third-order valence-electron chi connectivity index (χ3n) is 5.80. The third kappa shape index (κ3) is 4.86. The molecule has 1 atom stereocenters. The van der Waals surface area contributed by atoms with Crippen LogP contribution in [-0.2, 0) is 16.4 Å². The summed E-state index contributed by atoms with van der Waals surface area (Å²) in [7, 11) is -1.89. The van der Waals surface area contributed by atoms with E-state index in [0.717, 1.165) is 54.0 Å². The predicted molar refractivity (Wildman–Crippen MR) is 127 cm³/mol. The zero-order valence-corrected chi connectivity index (χ0v) is 19.6. The van der Waals surface area contributed by atoms with E-state index in [1.165, 1.54) is 0 Å². The van der Waals surface area contributed by atoms with Gasteiger partial charge in [-0.25, -0.2) is 23.1 Å². The van der Waals surface area contributed by atoms with Crippen LogP contribution in [0.3, 0.4) is 0 Å². The van der Waals surface area contributed by atoms with Crippen LogP contribution >= 0.6 is 0 Å². The Hall–Kier alpha value is -2.71. The van der Waals surface area contributed by atoms with Gasteiger partial charge >= 0.3 is 0 Å². The Labute approximate surface area is 189 Å². The number of nitrogens with zero attached hydrogens (tertiary/aromatic N) is 3. The van der Waals surface area contributed by atoms with Crippen molar-refractivity contribution in [1.29, 1.82) is 0 Å². The van der Waals surface area contributed by atoms with E-state index in [4.69, 9.17) is 4.74 Å². The van der Waals surface area contributed by atoms with Gasteiger partial charge in [-0.1, -0.05) is 18.2 Å². The minimum absolute atomic E-state index is 0.152. The summed E-state index contributed by atoms with van der Waals surface area (Å²) in [4.78, 5) is 11.7. The monoisotopic (exact) mass is 454 g/mol. The number of anilines is 1. The fraction of sp³-hybridized carbons (Fsp3) is 0.417. The van der Waals surface area contributed by atoms with Crippen molar-refractivity contribution >= 4 is 26.7 Å². The van der Waals surface area contributed by atoms with Crippen molar-refractivity contribution in [3.05, 3.63) is 54.4 Å². The Balaban J connectivity index is 1.59. The van der Waals surface area contributed by atoms with Crippen molar-refractivity contribution in [1.82, 2.24) is 14.7 Å². The number of rotatable bonds is 7. The fourth-order valence-corrected chi connectivity index (χ4v) is 5.95. The number of sulfonamides is 1. The van der Waals surface area contributed by atoms with E-state index in [2.05, 4.69) is 19.6 Å². The topological polar surface area (TPSA) is 84.4 Å². The molecule has 0 aliphatic carbocycles. The number of hydrogen-bond acceptors (Lipinski definition) is 6. The van der Waals surface area contributed by atoms with Crippen LogP contribution in [0.25, 0.3) is 10.9 Å². The van der Waals surface area contributed by atoms with Crippen LogP contribution < -0.4 is 14.4 Å². The van der Waals surface area contributed by atoms with Crippen LogP contribution in [0, 0.1) is 5.92 Å². The highest BCUT2D eigenvalue weighted by Crippen LogP contribution is 2.31. The van der Waals surface area contributed by atoms with Gasteiger partial charge in [0.1, 0.15) is 17.9 Å².